The number of aromatic nitrogens is 3. The van der Waals surface area contributed by atoms with E-state index in [1.807, 2.05) is 60.3 Å². The van der Waals surface area contributed by atoms with Crippen molar-refractivity contribution in [3.63, 3.8) is 0 Å². The lowest BCUT2D eigenvalue weighted by Crippen LogP contribution is -1.98. The van der Waals surface area contributed by atoms with Gasteiger partial charge in [0.2, 0.25) is 0 Å². The van der Waals surface area contributed by atoms with Gasteiger partial charge in [0, 0.05) is 22.5 Å². The summed E-state index contributed by atoms with van der Waals surface area (Å²) in [7, 11) is 0. The van der Waals surface area contributed by atoms with Crippen molar-refractivity contribution in [1.29, 1.82) is 0 Å². The molecule has 2 heterocycles. The van der Waals surface area contributed by atoms with E-state index in [0.29, 0.717) is 5.69 Å². The molecule has 0 unspecified atom stereocenters. The van der Waals surface area contributed by atoms with Gasteiger partial charge in [0.1, 0.15) is 11.5 Å². The van der Waals surface area contributed by atoms with Gasteiger partial charge in [0.05, 0.1) is 21.7 Å². The molecule has 0 radical (unpaired) electrons. The van der Waals surface area contributed by atoms with E-state index in [0.717, 1.165) is 38.6 Å². The Bertz CT molecular complexity index is 1340. The number of hydrogen-bond donors (Lipinski definition) is 0. The van der Waals surface area contributed by atoms with Crippen LogP contribution in [0.25, 0.3) is 38.8 Å². The highest BCUT2D eigenvalue weighted by atomic mass is 35.5. The summed E-state index contributed by atoms with van der Waals surface area (Å²) >= 11 is 6.05. The number of aryl methyl sites for hydroxylation is 1. The van der Waals surface area contributed by atoms with E-state index in [4.69, 9.17) is 16.7 Å². The minimum atomic E-state index is -0.451. The third-order valence-electron chi connectivity index (χ3n) is 4.86. The molecule has 5 heteroatoms. The first-order valence-corrected chi connectivity index (χ1v) is 9.28. The van der Waals surface area contributed by atoms with E-state index in [9.17, 15) is 4.39 Å². The van der Waals surface area contributed by atoms with Crippen molar-refractivity contribution >= 4 is 33.4 Å². The molecule has 0 saturated heterocycles. The predicted octanol–water partition coefficient (Wildman–Crippen LogP) is 6.34. The molecule has 3 aromatic carbocycles. The van der Waals surface area contributed by atoms with Gasteiger partial charge in [-0.3, -0.25) is 4.98 Å². The van der Waals surface area contributed by atoms with Crippen molar-refractivity contribution in [2.24, 2.45) is 0 Å². The summed E-state index contributed by atoms with van der Waals surface area (Å²) in [5.41, 5.74) is 5.46. The molecular weight excluding hydrogens is 373 g/mol. The number of benzene rings is 3. The van der Waals surface area contributed by atoms with Crippen LogP contribution in [-0.2, 0) is 0 Å². The zero-order chi connectivity index (χ0) is 19.3. The van der Waals surface area contributed by atoms with E-state index in [1.165, 1.54) is 6.07 Å². The molecule has 2 aromatic heterocycles. The van der Waals surface area contributed by atoms with Gasteiger partial charge in [0.15, 0.2) is 0 Å². The normalized spacial score (nSPS) is 11.4. The number of halogens is 2. The average molecular weight is 388 g/mol. The van der Waals surface area contributed by atoms with Crippen LogP contribution in [0, 0.1) is 12.7 Å². The molecular formula is C23H15ClFN3. The Morgan fingerprint density at radius 3 is 2.54 bits per heavy atom. The zero-order valence-corrected chi connectivity index (χ0v) is 15.8. The van der Waals surface area contributed by atoms with Crippen LogP contribution in [0.2, 0.25) is 5.02 Å². The minimum absolute atomic E-state index is 0.0666. The van der Waals surface area contributed by atoms with Crippen molar-refractivity contribution in [1.82, 2.24) is 14.8 Å². The van der Waals surface area contributed by atoms with Gasteiger partial charge in [-0.1, -0.05) is 53.6 Å². The Labute approximate surface area is 166 Å². The summed E-state index contributed by atoms with van der Waals surface area (Å²) in [6, 6.07) is 20.8. The maximum Gasteiger partial charge on any atom is 0.141 e. The molecule has 0 spiro atoms. The Morgan fingerprint density at radius 2 is 1.75 bits per heavy atom. The fraction of sp³-hybridized carbons (Fsp3) is 0.0435. The van der Waals surface area contributed by atoms with Crippen LogP contribution in [-0.4, -0.2) is 14.8 Å². The first-order chi connectivity index (χ1) is 13.6. The lowest BCUT2D eigenvalue weighted by atomic mass is 10.1. The van der Waals surface area contributed by atoms with E-state index in [-0.39, 0.29) is 5.02 Å². The quantitative estimate of drug-likeness (QED) is 0.353. The second-order valence-electron chi connectivity index (χ2n) is 6.77. The highest BCUT2D eigenvalue weighted by Crippen LogP contribution is 2.34. The van der Waals surface area contributed by atoms with Crippen LogP contribution in [0.1, 0.15) is 5.56 Å². The molecule has 0 N–H and O–H groups in total. The van der Waals surface area contributed by atoms with Crippen molar-refractivity contribution in [2.45, 2.75) is 6.92 Å². The highest BCUT2D eigenvalue weighted by molar-refractivity contribution is 6.30. The van der Waals surface area contributed by atoms with Crippen LogP contribution in [0.3, 0.4) is 0 Å². The van der Waals surface area contributed by atoms with E-state index >= 15 is 0 Å². The third kappa shape index (κ3) is 2.65. The summed E-state index contributed by atoms with van der Waals surface area (Å²) in [5.74, 6) is -0.451. The van der Waals surface area contributed by atoms with Crippen LogP contribution in [0.5, 0.6) is 0 Å². The van der Waals surface area contributed by atoms with Crippen molar-refractivity contribution < 1.29 is 4.39 Å². The molecule has 0 aliphatic heterocycles. The molecule has 0 amide bonds. The lowest BCUT2D eigenvalue weighted by molar-refractivity contribution is 0.627. The molecule has 0 bridgehead atoms. The topological polar surface area (TPSA) is 30.7 Å². The molecule has 3 nitrogen and oxygen atoms in total. The second-order valence-corrected chi connectivity index (χ2v) is 7.17. The average Bonchev–Trinajstić information content (AvgIpc) is 3.11. The second kappa shape index (κ2) is 6.43. The largest absolute Gasteiger partial charge is 0.255 e. The zero-order valence-electron chi connectivity index (χ0n) is 15.0. The van der Waals surface area contributed by atoms with Gasteiger partial charge in [-0.25, -0.2) is 9.07 Å². The number of hydrogen-bond acceptors (Lipinski definition) is 2. The van der Waals surface area contributed by atoms with Crippen LogP contribution < -0.4 is 0 Å². The fourth-order valence-corrected chi connectivity index (χ4v) is 3.69. The highest BCUT2D eigenvalue weighted by Gasteiger charge is 2.17. The Kier molecular flexibility index (Phi) is 3.88. The van der Waals surface area contributed by atoms with E-state index in [2.05, 4.69) is 11.1 Å². The summed E-state index contributed by atoms with van der Waals surface area (Å²) in [6.45, 7) is 2.05. The number of rotatable bonds is 2. The first-order valence-electron chi connectivity index (χ1n) is 8.91. The maximum absolute atomic E-state index is 13.7. The number of pyridine rings is 1. The molecule has 0 fully saturated rings. The summed E-state index contributed by atoms with van der Waals surface area (Å²) in [5, 5.41) is 6.87. The van der Waals surface area contributed by atoms with E-state index in [1.54, 1.807) is 12.1 Å². The first kappa shape index (κ1) is 16.9. The fourth-order valence-electron chi connectivity index (χ4n) is 3.51. The lowest BCUT2D eigenvalue weighted by Gasteiger charge is -2.07. The molecule has 28 heavy (non-hydrogen) atoms. The molecule has 5 rings (SSSR count). The van der Waals surface area contributed by atoms with Gasteiger partial charge < -0.3 is 0 Å². The molecule has 0 saturated carbocycles. The van der Waals surface area contributed by atoms with Gasteiger partial charge >= 0.3 is 0 Å². The maximum atomic E-state index is 13.7. The number of nitrogens with zero attached hydrogens (tertiary/aromatic N) is 3. The monoisotopic (exact) mass is 387 g/mol. The Morgan fingerprint density at radius 1 is 0.929 bits per heavy atom. The molecule has 5 aromatic rings. The number of fused-ring (bicyclic) bond motifs is 3. The Balaban J connectivity index is 1.92. The van der Waals surface area contributed by atoms with Crippen LogP contribution in [0.15, 0.2) is 72.9 Å². The standard InChI is InChI=1S/C23H15ClFN3/c1-14-7-10-21-17(11-14)23-18(13-26-21)22(15-5-3-2-4-6-15)27-28(23)16-8-9-20(25)19(24)12-16/h2-13H,1H3. The summed E-state index contributed by atoms with van der Waals surface area (Å²) in [6.07, 6.45) is 1.85. The molecule has 0 atom stereocenters. The van der Waals surface area contributed by atoms with E-state index < -0.39 is 5.82 Å². The smallest absolute Gasteiger partial charge is 0.141 e. The van der Waals surface area contributed by atoms with Crippen molar-refractivity contribution in [2.75, 3.05) is 0 Å². The van der Waals surface area contributed by atoms with Crippen LogP contribution in [0.4, 0.5) is 4.39 Å². The minimum Gasteiger partial charge on any atom is -0.255 e. The molecule has 136 valence electrons. The SMILES string of the molecule is Cc1ccc2ncc3c(-c4ccccc4)nn(-c4ccc(F)c(Cl)c4)c3c2c1. The van der Waals surface area contributed by atoms with Gasteiger partial charge in [-0.2, -0.15) is 5.10 Å². The molecule has 0 aliphatic carbocycles. The predicted molar refractivity (Wildman–Crippen MR) is 112 cm³/mol. The third-order valence-corrected chi connectivity index (χ3v) is 5.15. The van der Waals surface area contributed by atoms with Gasteiger partial charge in [-0.15, -0.1) is 0 Å². The van der Waals surface area contributed by atoms with Crippen molar-refractivity contribution in [3.8, 4) is 16.9 Å². The van der Waals surface area contributed by atoms with Gasteiger partial charge in [0.25, 0.3) is 0 Å². The molecule has 0 aliphatic rings. The van der Waals surface area contributed by atoms with Crippen molar-refractivity contribution in [3.05, 3.63) is 89.3 Å². The summed E-state index contributed by atoms with van der Waals surface area (Å²) in [4.78, 5) is 4.64. The Hall–Kier alpha value is -3.24. The van der Waals surface area contributed by atoms with Crippen LogP contribution >= 0.6 is 11.6 Å². The summed E-state index contributed by atoms with van der Waals surface area (Å²) < 4.78 is 15.6. The van der Waals surface area contributed by atoms with Gasteiger partial charge in [-0.05, 0) is 37.3 Å².